The minimum Gasteiger partial charge on any atom is -0.507 e. The van der Waals surface area contributed by atoms with Crippen molar-refractivity contribution < 1.29 is 31.4 Å². The Morgan fingerprint density at radius 2 is 1.37 bits per heavy atom. The Hall–Kier alpha value is -3.29. The van der Waals surface area contributed by atoms with E-state index >= 15 is 0 Å². The number of hydrogen-bond donors (Lipinski definition) is 1. The number of rotatable bonds is 3. The lowest BCUT2D eigenvalue weighted by molar-refractivity contribution is -0.143. The molecular formula is C22H15F6NO. The Bertz CT molecular complexity index is 1050. The van der Waals surface area contributed by atoms with Crippen LogP contribution in [0.2, 0.25) is 0 Å². The zero-order valence-corrected chi connectivity index (χ0v) is 15.5. The Labute approximate surface area is 168 Å². The van der Waals surface area contributed by atoms with Gasteiger partial charge in [-0.3, -0.25) is 4.99 Å². The Balaban J connectivity index is 2.14. The Morgan fingerprint density at radius 1 is 0.800 bits per heavy atom. The topological polar surface area (TPSA) is 32.6 Å². The van der Waals surface area contributed by atoms with Crippen molar-refractivity contribution in [1.29, 1.82) is 0 Å². The lowest BCUT2D eigenvalue weighted by Gasteiger charge is -2.13. The lowest BCUT2D eigenvalue weighted by Crippen LogP contribution is -2.10. The molecule has 3 aromatic carbocycles. The maximum Gasteiger partial charge on any atom is 0.416 e. The van der Waals surface area contributed by atoms with E-state index in [4.69, 9.17) is 0 Å². The molecule has 0 saturated heterocycles. The van der Waals surface area contributed by atoms with E-state index in [-0.39, 0.29) is 17.4 Å². The summed E-state index contributed by atoms with van der Waals surface area (Å²) in [6.45, 7) is 1.62. The fourth-order valence-corrected chi connectivity index (χ4v) is 2.87. The molecule has 0 atom stereocenters. The van der Waals surface area contributed by atoms with Gasteiger partial charge >= 0.3 is 12.4 Å². The van der Waals surface area contributed by atoms with E-state index in [1.807, 2.05) is 0 Å². The molecule has 0 heterocycles. The molecule has 0 saturated carbocycles. The molecule has 2 nitrogen and oxygen atoms in total. The molecule has 0 spiro atoms. The van der Waals surface area contributed by atoms with Gasteiger partial charge in [-0.1, -0.05) is 42.5 Å². The van der Waals surface area contributed by atoms with Crippen molar-refractivity contribution >= 4 is 11.9 Å². The van der Waals surface area contributed by atoms with Crippen LogP contribution in [0.4, 0.5) is 32.0 Å². The molecule has 0 aromatic heterocycles. The number of hydrogen-bond acceptors (Lipinski definition) is 2. The van der Waals surface area contributed by atoms with Crippen LogP contribution in [0.15, 0.2) is 65.7 Å². The smallest absolute Gasteiger partial charge is 0.416 e. The lowest BCUT2D eigenvalue weighted by atomic mass is 9.97. The van der Waals surface area contributed by atoms with Gasteiger partial charge in [0.25, 0.3) is 0 Å². The van der Waals surface area contributed by atoms with E-state index < -0.39 is 29.2 Å². The summed E-state index contributed by atoms with van der Waals surface area (Å²) in [7, 11) is 0. The Kier molecular flexibility index (Phi) is 5.61. The molecule has 156 valence electrons. The van der Waals surface area contributed by atoms with Crippen molar-refractivity contribution in [3.63, 3.8) is 0 Å². The first-order valence-corrected chi connectivity index (χ1v) is 8.68. The van der Waals surface area contributed by atoms with Crippen LogP contribution < -0.4 is 0 Å². The van der Waals surface area contributed by atoms with Gasteiger partial charge in [0.15, 0.2) is 0 Å². The van der Waals surface area contributed by atoms with E-state index in [1.165, 1.54) is 0 Å². The molecule has 0 radical (unpaired) electrons. The van der Waals surface area contributed by atoms with Gasteiger partial charge in [0, 0.05) is 11.8 Å². The quantitative estimate of drug-likeness (QED) is 0.352. The number of aryl methyl sites for hydroxylation is 1. The normalized spacial score (nSPS) is 12.5. The number of phenolic OH excluding ortho intramolecular Hbond substituents is 1. The van der Waals surface area contributed by atoms with Crippen molar-refractivity contribution in [1.82, 2.24) is 0 Å². The zero-order valence-electron chi connectivity index (χ0n) is 15.5. The summed E-state index contributed by atoms with van der Waals surface area (Å²) < 4.78 is 78.3. The first kappa shape index (κ1) is 21.4. The van der Waals surface area contributed by atoms with Crippen LogP contribution in [0.25, 0.3) is 11.1 Å². The molecule has 30 heavy (non-hydrogen) atoms. The molecular weight excluding hydrogens is 408 g/mol. The standard InChI is InChI=1S/C22H15F6NO/c1-13-7-8-18(14-5-3-2-4-6-14)19(20(13)30)12-29-17-10-15(21(23,24)25)9-16(11-17)22(26,27)28/h2-12,30H,1H3. The molecule has 0 aliphatic carbocycles. The second-order valence-corrected chi connectivity index (χ2v) is 6.58. The summed E-state index contributed by atoms with van der Waals surface area (Å²) in [5.41, 5.74) is -1.54. The summed E-state index contributed by atoms with van der Waals surface area (Å²) in [5, 5.41) is 10.4. The summed E-state index contributed by atoms with van der Waals surface area (Å²) >= 11 is 0. The minimum absolute atomic E-state index is 0.0402. The van der Waals surface area contributed by atoms with Crippen molar-refractivity contribution in [3.05, 3.63) is 82.9 Å². The highest BCUT2D eigenvalue weighted by Crippen LogP contribution is 2.38. The van der Waals surface area contributed by atoms with Gasteiger partial charge in [-0.2, -0.15) is 26.3 Å². The van der Waals surface area contributed by atoms with E-state index in [1.54, 1.807) is 49.4 Å². The second kappa shape index (κ2) is 7.85. The molecule has 0 amide bonds. The van der Waals surface area contributed by atoms with Gasteiger partial charge in [-0.05, 0) is 41.8 Å². The molecule has 1 N–H and O–H groups in total. The highest BCUT2D eigenvalue weighted by Gasteiger charge is 2.36. The molecule has 3 aromatic rings. The minimum atomic E-state index is -4.97. The number of halogens is 6. The SMILES string of the molecule is Cc1ccc(-c2ccccc2)c(C=Nc2cc(C(F)(F)F)cc(C(F)(F)F)c2)c1O. The molecule has 0 unspecified atom stereocenters. The number of benzene rings is 3. The van der Waals surface area contributed by atoms with Crippen LogP contribution in [-0.4, -0.2) is 11.3 Å². The number of aliphatic imine (C=N–C) groups is 1. The van der Waals surface area contributed by atoms with Gasteiger partial charge < -0.3 is 5.11 Å². The Morgan fingerprint density at radius 3 is 1.90 bits per heavy atom. The zero-order chi connectivity index (χ0) is 22.1. The second-order valence-electron chi connectivity index (χ2n) is 6.58. The third-order valence-corrected chi connectivity index (χ3v) is 4.42. The van der Waals surface area contributed by atoms with Gasteiger partial charge in [-0.15, -0.1) is 0 Å². The number of alkyl halides is 6. The predicted octanol–water partition coefficient (Wildman–Crippen LogP) is 7.16. The van der Waals surface area contributed by atoms with Crippen molar-refractivity contribution in [2.45, 2.75) is 19.3 Å². The molecule has 8 heteroatoms. The molecule has 0 aliphatic heterocycles. The van der Waals surface area contributed by atoms with Crippen LogP contribution >= 0.6 is 0 Å². The van der Waals surface area contributed by atoms with Crippen molar-refractivity contribution in [2.24, 2.45) is 4.99 Å². The number of phenols is 1. The molecule has 3 rings (SSSR count). The predicted molar refractivity (Wildman–Crippen MR) is 102 cm³/mol. The van der Waals surface area contributed by atoms with Crippen LogP contribution in [0.3, 0.4) is 0 Å². The summed E-state index contributed by atoms with van der Waals surface area (Å²) in [4.78, 5) is 3.83. The van der Waals surface area contributed by atoms with E-state index in [0.717, 1.165) is 6.21 Å². The maximum atomic E-state index is 13.0. The first-order chi connectivity index (χ1) is 14.0. The molecule has 0 aliphatic rings. The summed E-state index contributed by atoms with van der Waals surface area (Å²) in [6, 6.07) is 13.3. The fraction of sp³-hybridized carbons (Fsp3) is 0.136. The summed E-state index contributed by atoms with van der Waals surface area (Å²) in [6.07, 6.45) is -8.86. The third-order valence-electron chi connectivity index (χ3n) is 4.42. The van der Waals surface area contributed by atoms with Gasteiger partial charge in [0.2, 0.25) is 0 Å². The fourth-order valence-electron chi connectivity index (χ4n) is 2.87. The number of nitrogens with zero attached hydrogens (tertiary/aromatic N) is 1. The van der Waals surface area contributed by atoms with Crippen LogP contribution in [0, 0.1) is 6.92 Å². The van der Waals surface area contributed by atoms with Crippen LogP contribution in [-0.2, 0) is 12.4 Å². The molecule has 0 fully saturated rings. The maximum absolute atomic E-state index is 13.0. The largest absolute Gasteiger partial charge is 0.507 e. The first-order valence-electron chi connectivity index (χ1n) is 8.68. The average molecular weight is 423 g/mol. The van der Waals surface area contributed by atoms with Crippen LogP contribution in [0.1, 0.15) is 22.3 Å². The monoisotopic (exact) mass is 423 g/mol. The van der Waals surface area contributed by atoms with E-state index in [2.05, 4.69) is 4.99 Å². The summed E-state index contributed by atoms with van der Waals surface area (Å²) in [5.74, 6) is -0.164. The van der Waals surface area contributed by atoms with Gasteiger partial charge in [-0.25, -0.2) is 0 Å². The van der Waals surface area contributed by atoms with Crippen molar-refractivity contribution in [3.8, 4) is 16.9 Å². The molecule has 0 bridgehead atoms. The van der Waals surface area contributed by atoms with Gasteiger partial charge in [0.05, 0.1) is 16.8 Å². The van der Waals surface area contributed by atoms with Crippen LogP contribution in [0.5, 0.6) is 5.75 Å². The highest BCUT2D eigenvalue weighted by molar-refractivity contribution is 5.95. The third kappa shape index (κ3) is 4.64. The van der Waals surface area contributed by atoms with Gasteiger partial charge in [0.1, 0.15) is 5.75 Å². The van der Waals surface area contributed by atoms with Crippen molar-refractivity contribution in [2.75, 3.05) is 0 Å². The number of aromatic hydroxyl groups is 1. The highest BCUT2D eigenvalue weighted by atomic mass is 19.4. The average Bonchev–Trinajstić information content (AvgIpc) is 2.68. The van der Waals surface area contributed by atoms with E-state index in [0.29, 0.717) is 28.8 Å². The van der Waals surface area contributed by atoms with E-state index in [9.17, 15) is 31.4 Å².